The van der Waals surface area contributed by atoms with E-state index in [0.717, 1.165) is 5.56 Å². The lowest BCUT2D eigenvalue weighted by atomic mass is 10.1. The van der Waals surface area contributed by atoms with E-state index in [1.165, 1.54) is 6.92 Å². The van der Waals surface area contributed by atoms with Gasteiger partial charge in [0.25, 0.3) is 5.91 Å². The molecule has 0 saturated carbocycles. The Bertz CT molecular complexity index is 734. The molecule has 0 unspecified atom stereocenters. The number of Topliss-reactive ketones (excluding diaryl/α,β-unsaturated/α-hetero) is 1. The van der Waals surface area contributed by atoms with Gasteiger partial charge in [-0.05, 0) is 51.7 Å². The van der Waals surface area contributed by atoms with Crippen LogP contribution in [0.25, 0.3) is 0 Å². The van der Waals surface area contributed by atoms with Crippen LogP contribution in [0.3, 0.4) is 0 Å². The third-order valence-electron chi connectivity index (χ3n) is 4.57. The normalized spacial score (nSPS) is 11.6. The number of aliphatic carboxylic acids is 1. The highest BCUT2D eigenvalue weighted by Crippen LogP contribution is 2.04. The molecule has 0 heterocycles. The molecular formula is C23H34N2O7. The van der Waals surface area contributed by atoms with E-state index in [1.807, 2.05) is 19.1 Å². The number of carbonyl (C=O) groups is 4. The minimum absolute atomic E-state index is 0.113. The molecule has 0 aromatic heterocycles. The molecule has 0 spiro atoms. The molecular weight excluding hydrogens is 416 g/mol. The lowest BCUT2D eigenvalue weighted by Gasteiger charge is -2.15. The van der Waals surface area contributed by atoms with Crippen LogP contribution in [0.5, 0.6) is 0 Å². The van der Waals surface area contributed by atoms with Crippen LogP contribution in [-0.4, -0.2) is 67.7 Å². The quantitative estimate of drug-likeness (QED) is 0.309. The van der Waals surface area contributed by atoms with E-state index in [0.29, 0.717) is 51.0 Å². The zero-order valence-electron chi connectivity index (χ0n) is 18.9. The van der Waals surface area contributed by atoms with Gasteiger partial charge in [-0.2, -0.15) is 0 Å². The first-order valence-corrected chi connectivity index (χ1v) is 10.8. The van der Waals surface area contributed by atoms with E-state index >= 15 is 0 Å². The van der Waals surface area contributed by atoms with Crippen LogP contribution in [0.1, 0.15) is 54.9 Å². The lowest BCUT2D eigenvalue weighted by Crippen LogP contribution is -2.42. The van der Waals surface area contributed by atoms with Crippen molar-refractivity contribution in [3.8, 4) is 0 Å². The number of nitrogens with one attached hydrogen (secondary N) is 2. The number of rotatable bonds is 17. The van der Waals surface area contributed by atoms with E-state index < -0.39 is 17.9 Å². The van der Waals surface area contributed by atoms with Crippen molar-refractivity contribution in [1.29, 1.82) is 0 Å². The third kappa shape index (κ3) is 12.8. The van der Waals surface area contributed by atoms with Gasteiger partial charge in [0.1, 0.15) is 18.4 Å². The van der Waals surface area contributed by atoms with Crippen molar-refractivity contribution >= 4 is 23.6 Å². The van der Waals surface area contributed by atoms with Gasteiger partial charge in [0, 0.05) is 25.1 Å². The first-order chi connectivity index (χ1) is 15.3. The minimum Gasteiger partial charge on any atom is -0.480 e. The molecule has 2 amide bonds. The van der Waals surface area contributed by atoms with Crippen molar-refractivity contribution in [2.24, 2.45) is 0 Å². The summed E-state index contributed by atoms with van der Waals surface area (Å²) in [4.78, 5) is 46.1. The second-order valence-electron chi connectivity index (χ2n) is 7.55. The molecule has 32 heavy (non-hydrogen) atoms. The lowest BCUT2D eigenvalue weighted by molar-refractivity contribution is -0.142. The summed E-state index contributed by atoms with van der Waals surface area (Å²) in [5.74, 6) is -1.69. The highest BCUT2D eigenvalue weighted by atomic mass is 16.5. The average Bonchev–Trinajstić information content (AvgIpc) is 2.74. The predicted molar refractivity (Wildman–Crippen MR) is 118 cm³/mol. The maximum atomic E-state index is 12.0. The van der Waals surface area contributed by atoms with Crippen LogP contribution in [0.4, 0.5) is 0 Å². The molecule has 1 rings (SSSR count). The van der Waals surface area contributed by atoms with Gasteiger partial charge in [0.15, 0.2) is 0 Å². The Morgan fingerprint density at radius 1 is 0.969 bits per heavy atom. The van der Waals surface area contributed by atoms with Crippen molar-refractivity contribution in [3.63, 3.8) is 0 Å². The molecule has 1 aromatic rings. The summed E-state index contributed by atoms with van der Waals surface area (Å²) in [5.41, 5.74) is 1.65. The molecule has 1 aromatic carbocycles. The van der Waals surface area contributed by atoms with Gasteiger partial charge in [0.05, 0.1) is 13.2 Å². The zero-order valence-corrected chi connectivity index (χ0v) is 18.9. The maximum Gasteiger partial charge on any atom is 0.326 e. The first kappa shape index (κ1) is 27.3. The molecule has 3 N–H and O–H groups in total. The summed E-state index contributed by atoms with van der Waals surface area (Å²) >= 11 is 0. The van der Waals surface area contributed by atoms with E-state index in [1.54, 1.807) is 12.1 Å². The summed E-state index contributed by atoms with van der Waals surface area (Å²) in [6.07, 6.45) is 2.49. The molecule has 0 aliphatic heterocycles. The van der Waals surface area contributed by atoms with E-state index in [-0.39, 0.29) is 31.3 Å². The van der Waals surface area contributed by atoms with Crippen LogP contribution in [0.15, 0.2) is 24.3 Å². The second-order valence-corrected chi connectivity index (χ2v) is 7.55. The summed E-state index contributed by atoms with van der Waals surface area (Å²) < 4.78 is 10.5. The number of ether oxygens (including phenoxy) is 2. The largest absolute Gasteiger partial charge is 0.480 e. The Morgan fingerprint density at radius 2 is 1.66 bits per heavy atom. The molecule has 178 valence electrons. The van der Waals surface area contributed by atoms with Gasteiger partial charge in [-0.15, -0.1) is 0 Å². The molecule has 0 aliphatic carbocycles. The van der Waals surface area contributed by atoms with Gasteiger partial charge in [-0.3, -0.25) is 9.59 Å². The Morgan fingerprint density at radius 3 is 2.31 bits per heavy atom. The van der Waals surface area contributed by atoms with E-state index in [4.69, 9.17) is 9.47 Å². The SMILES string of the molecule is CC(=O)CCCOCCOCC(=O)N[C@@H](CCCCNC(=O)c1ccc(C)cc1)C(=O)O. The summed E-state index contributed by atoms with van der Waals surface area (Å²) in [6.45, 7) is 4.57. The summed E-state index contributed by atoms with van der Waals surface area (Å²) in [7, 11) is 0. The molecule has 0 saturated heterocycles. The van der Waals surface area contributed by atoms with Crippen molar-refractivity contribution in [3.05, 3.63) is 35.4 Å². The molecule has 0 bridgehead atoms. The summed E-state index contributed by atoms with van der Waals surface area (Å²) in [6, 6.07) is 6.22. The number of hydrogen-bond donors (Lipinski definition) is 3. The standard InChI is InChI=1S/C23H34N2O7/c1-17-8-10-19(11-9-17)22(28)24-12-4-3-7-20(23(29)30)25-21(27)16-32-15-14-31-13-5-6-18(2)26/h8-11,20H,3-7,12-16H2,1-2H3,(H,24,28)(H,25,27)(H,29,30)/t20-/m0/s1. The van der Waals surface area contributed by atoms with Crippen LogP contribution in [0, 0.1) is 6.92 Å². The number of carboxylic acids is 1. The monoisotopic (exact) mass is 450 g/mol. The number of unbranched alkanes of at least 4 members (excludes halogenated alkanes) is 1. The fourth-order valence-electron chi connectivity index (χ4n) is 2.78. The second kappa shape index (κ2) is 15.9. The summed E-state index contributed by atoms with van der Waals surface area (Å²) in [5, 5.41) is 14.5. The number of amides is 2. The predicted octanol–water partition coefficient (Wildman–Crippen LogP) is 1.87. The Balaban J connectivity index is 2.14. The van der Waals surface area contributed by atoms with E-state index in [2.05, 4.69) is 10.6 Å². The number of carbonyl (C=O) groups excluding carboxylic acids is 3. The van der Waals surface area contributed by atoms with Gasteiger partial charge >= 0.3 is 5.97 Å². The molecule has 0 fully saturated rings. The van der Waals surface area contributed by atoms with Crippen molar-refractivity contribution in [2.45, 2.75) is 52.0 Å². The third-order valence-corrected chi connectivity index (χ3v) is 4.57. The zero-order chi connectivity index (χ0) is 23.8. The van der Waals surface area contributed by atoms with Gasteiger partial charge in [-0.1, -0.05) is 17.7 Å². The Hall–Kier alpha value is -2.78. The Kier molecular flexibility index (Phi) is 13.6. The van der Waals surface area contributed by atoms with E-state index in [9.17, 15) is 24.3 Å². The highest BCUT2D eigenvalue weighted by Gasteiger charge is 2.19. The molecule has 1 atom stereocenters. The average molecular weight is 451 g/mol. The number of ketones is 1. The fourth-order valence-corrected chi connectivity index (χ4v) is 2.78. The smallest absolute Gasteiger partial charge is 0.326 e. The van der Waals surface area contributed by atoms with Crippen LogP contribution in [-0.2, 0) is 23.9 Å². The maximum absolute atomic E-state index is 12.0. The fraction of sp³-hybridized carbons (Fsp3) is 0.565. The first-order valence-electron chi connectivity index (χ1n) is 10.8. The highest BCUT2D eigenvalue weighted by molar-refractivity contribution is 5.94. The minimum atomic E-state index is -1.11. The number of benzene rings is 1. The van der Waals surface area contributed by atoms with Crippen LogP contribution < -0.4 is 10.6 Å². The molecule has 0 aliphatic rings. The number of aryl methyl sites for hydroxylation is 1. The Labute approximate surface area is 188 Å². The molecule has 9 heteroatoms. The van der Waals surface area contributed by atoms with Crippen LogP contribution in [0.2, 0.25) is 0 Å². The van der Waals surface area contributed by atoms with Crippen LogP contribution >= 0.6 is 0 Å². The van der Waals surface area contributed by atoms with Crippen molar-refractivity contribution in [2.75, 3.05) is 33.0 Å². The number of hydrogen-bond acceptors (Lipinski definition) is 6. The van der Waals surface area contributed by atoms with Crippen molar-refractivity contribution in [1.82, 2.24) is 10.6 Å². The van der Waals surface area contributed by atoms with Gasteiger partial charge < -0.3 is 30.0 Å². The molecule has 0 radical (unpaired) electrons. The van der Waals surface area contributed by atoms with Crippen molar-refractivity contribution < 1.29 is 33.8 Å². The van der Waals surface area contributed by atoms with Gasteiger partial charge in [-0.25, -0.2) is 4.79 Å². The molecule has 9 nitrogen and oxygen atoms in total. The number of carboxylic acid groups (broad SMARTS) is 1. The topological polar surface area (TPSA) is 131 Å². The van der Waals surface area contributed by atoms with Gasteiger partial charge in [0.2, 0.25) is 5.91 Å².